The lowest BCUT2D eigenvalue weighted by Crippen LogP contribution is -2.52. The molecule has 1 saturated heterocycles. The highest BCUT2D eigenvalue weighted by atomic mass is 16.5. The molecule has 0 aromatic carbocycles. The number of aliphatic hydroxyl groups is 1. The van der Waals surface area contributed by atoms with Crippen molar-refractivity contribution in [2.45, 2.75) is 50.9 Å². The first-order valence-corrected chi connectivity index (χ1v) is 7.28. The van der Waals surface area contributed by atoms with Crippen LogP contribution in [0.25, 0.3) is 0 Å². The van der Waals surface area contributed by atoms with Gasteiger partial charge in [0.05, 0.1) is 42.4 Å². The Hall–Kier alpha value is -1.13. The summed E-state index contributed by atoms with van der Waals surface area (Å²) in [7, 11) is 0. The lowest BCUT2D eigenvalue weighted by molar-refractivity contribution is -0.00870. The zero-order valence-electron chi connectivity index (χ0n) is 11.5. The number of fused-ring (bicyclic) bond motifs is 1. The second kappa shape index (κ2) is 5.47. The van der Waals surface area contributed by atoms with E-state index in [1.54, 1.807) is 6.92 Å². The van der Waals surface area contributed by atoms with Crippen LogP contribution in [0.15, 0.2) is 18.3 Å². The SMILES string of the molecule is C[C@H](O)c1ccc(N2CCOC3CCCCC32)cn1. The molecule has 4 heteroatoms. The minimum atomic E-state index is -0.499. The van der Waals surface area contributed by atoms with E-state index in [4.69, 9.17) is 4.74 Å². The van der Waals surface area contributed by atoms with Crippen LogP contribution in [0.5, 0.6) is 0 Å². The summed E-state index contributed by atoms with van der Waals surface area (Å²) in [5, 5.41) is 9.52. The second-order valence-corrected chi connectivity index (χ2v) is 5.57. The number of aromatic nitrogens is 1. The van der Waals surface area contributed by atoms with Crippen LogP contribution in [0.1, 0.15) is 44.4 Å². The van der Waals surface area contributed by atoms with Gasteiger partial charge in [0.25, 0.3) is 0 Å². The van der Waals surface area contributed by atoms with Gasteiger partial charge in [-0.1, -0.05) is 12.8 Å². The number of hydrogen-bond acceptors (Lipinski definition) is 4. The van der Waals surface area contributed by atoms with Crippen LogP contribution in [-0.2, 0) is 4.74 Å². The molecule has 2 heterocycles. The van der Waals surface area contributed by atoms with Crippen molar-refractivity contribution in [1.82, 2.24) is 4.98 Å². The maximum absolute atomic E-state index is 9.52. The summed E-state index contributed by atoms with van der Waals surface area (Å²) in [4.78, 5) is 6.80. The molecule has 0 amide bonds. The highest BCUT2D eigenvalue weighted by Gasteiger charge is 2.34. The standard InChI is InChI=1S/C15H22N2O2/c1-11(18)13-7-6-12(10-16-13)17-8-9-19-15-5-3-2-4-14(15)17/h6-7,10-11,14-15,18H,2-5,8-9H2,1H3/t11-,14?,15?/m0/s1. The van der Waals surface area contributed by atoms with E-state index in [0.29, 0.717) is 12.1 Å². The van der Waals surface area contributed by atoms with Gasteiger partial charge in [-0.05, 0) is 31.9 Å². The highest BCUT2D eigenvalue weighted by Crippen LogP contribution is 2.31. The maximum Gasteiger partial charge on any atom is 0.0931 e. The molecule has 1 aliphatic heterocycles. The van der Waals surface area contributed by atoms with Crippen LogP contribution >= 0.6 is 0 Å². The van der Waals surface area contributed by atoms with Gasteiger partial charge in [0.1, 0.15) is 0 Å². The first-order valence-electron chi connectivity index (χ1n) is 7.28. The Morgan fingerprint density at radius 1 is 1.37 bits per heavy atom. The van der Waals surface area contributed by atoms with Crippen LogP contribution in [0.4, 0.5) is 5.69 Å². The van der Waals surface area contributed by atoms with Crippen LogP contribution in [-0.4, -0.2) is 35.4 Å². The van der Waals surface area contributed by atoms with Gasteiger partial charge in [-0.15, -0.1) is 0 Å². The lowest BCUT2D eigenvalue weighted by atomic mass is 9.90. The molecule has 19 heavy (non-hydrogen) atoms. The summed E-state index contributed by atoms with van der Waals surface area (Å²) in [6.45, 7) is 3.49. The predicted octanol–water partition coefficient (Wildman–Crippen LogP) is 2.28. The van der Waals surface area contributed by atoms with Gasteiger partial charge in [-0.2, -0.15) is 0 Å². The Bertz CT molecular complexity index is 417. The molecule has 2 unspecified atom stereocenters. The van der Waals surface area contributed by atoms with E-state index in [9.17, 15) is 5.11 Å². The highest BCUT2D eigenvalue weighted by molar-refractivity contribution is 5.46. The number of ether oxygens (including phenoxy) is 1. The van der Waals surface area contributed by atoms with Crippen molar-refractivity contribution in [1.29, 1.82) is 0 Å². The molecule has 2 fully saturated rings. The molecule has 3 rings (SSSR count). The van der Waals surface area contributed by atoms with E-state index >= 15 is 0 Å². The molecule has 2 aliphatic rings. The third-order valence-corrected chi connectivity index (χ3v) is 4.26. The zero-order chi connectivity index (χ0) is 13.2. The number of morpholine rings is 1. The van der Waals surface area contributed by atoms with Crippen molar-refractivity contribution in [3.05, 3.63) is 24.0 Å². The Balaban J connectivity index is 1.79. The summed E-state index contributed by atoms with van der Waals surface area (Å²) < 4.78 is 5.89. The van der Waals surface area contributed by atoms with Crippen LogP contribution in [0.2, 0.25) is 0 Å². The smallest absolute Gasteiger partial charge is 0.0931 e. The number of pyridine rings is 1. The van der Waals surface area contributed by atoms with Gasteiger partial charge in [0.2, 0.25) is 0 Å². The Morgan fingerprint density at radius 2 is 2.21 bits per heavy atom. The van der Waals surface area contributed by atoms with E-state index in [2.05, 4.69) is 16.0 Å². The van der Waals surface area contributed by atoms with Crippen LogP contribution < -0.4 is 4.90 Å². The summed E-state index contributed by atoms with van der Waals surface area (Å²) >= 11 is 0. The van der Waals surface area contributed by atoms with Gasteiger partial charge in [0.15, 0.2) is 0 Å². The van der Waals surface area contributed by atoms with Gasteiger partial charge in [0, 0.05) is 6.54 Å². The van der Waals surface area contributed by atoms with Crippen molar-refractivity contribution >= 4 is 5.69 Å². The minimum Gasteiger partial charge on any atom is -0.387 e. The summed E-state index contributed by atoms with van der Waals surface area (Å²) in [6, 6.07) is 4.50. The van der Waals surface area contributed by atoms with Gasteiger partial charge >= 0.3 is 0 Å². The molecule has 1 aromatic heterocycles. The molecular formula is C15H22N2O2. The normalized spacial score (nSPS) is 28.8. The molecule has 1 aliphatic carbocycles. The molecule has 3 atom stereocenters. The van der Waals surface area contributed by atoms with Crippen LogP contribution in [0.3, 0.4) is 0 Å². The molecule has 1 aromatic rings. The van der Waals surface area contributed by atoms with Crippen molar-refractivity contribution in [3.63, 3.8) is 0 Å². The van der Waals surface area contributed by atoms with Crippen molar-refractivity contribution in [2.24, 2.45) is 0 Å². The molecule has 1 saturated carbocycles. The van der Waals surface area contributed by atoms with Crippen molar-refractivity contribution in [3.8, 4) is 0 Å². The largest absolute Gasteiger partial charge is 0.387 e. The summed E-state index contributed by atoms with van der Waals surface area (Å²) in [5.74, 6) is 0. The zero-order valence-corrected chi connectivity index (χ0v) is 11.5. The number of aliphatic hydroxyl groups excluding tert-OH is 1. The fraction of sp³-hybridized carbons (Fsp3) is 0.667. The number of anilines is 1. The quantitative estimate of drug-likeness (QED) is 0.888. The van der Waals surface area contributed by atoms with Crippen LogP contribution in [0, 0.1) is 0 Å². The Morgan fingerprint density at radius 3 is 2.95 bits per heavy atom. The Kier molecular flexibility index (Phi) is 3.71. The van der Waals surface area contributed by atoms with Gasteiger partial charge < -0.3 is 14.7 Å². The third-order valence-electron chi connectivity index (χ3n) is 4.26. The number of rotatable bonds is 2. The van der Waals surface area contributed by atoms with Gasteiger partial charge in [-0.3, -0.25) is 4.98 Å². The third kappa shape index (κ3) is 2.60. The first kappa shape index (κ1) is 12.9. The number of hydrogen-bond donors (Lipinski definition) is 1. The minimum absolute atomic E-state index is 0.388. The molecule has 0 spiro atoms. The monoisotopic (exact) mass is 262 g/mol. The second-order valence-electron chi connectivity index (χ2n) is 5.57. The van der Waals surface area contributed by atoms with Crippen molar-refractivity contribution in [2.75, 3.05) is 18.1 Å². The van der Waals surface area contributed by atoms with E-state index in [-0.39, 0.29) is 0 Å². The maximum atomic E-state index is 9.52. The summed E-state index contributed by atoms with van der Waals surface area (Å²) in [6.07, 6.45) is 6.75. The topological polar surface area (TPSA) is 45.6 Å². The molecule has 104 valence electrons. The molecule has 0 bridgehead atoms. The molecular weight excluding hydrogens is 240 g/mol. The fourth-order valence-corrected chi connectivity index (χ4v) is 3.23. The molecule has 1 N–H and O–H groups in total. The van der Waals surface area contributed by atoms with Crippen molar-refractivity contribution < 1.29 is 9.84 Å². The Labute approximate surface area is 114 Å². The average molecular weight is 262 g/mol. The fourth-order valence-electron chi connectivity index (χ4n) is 3.23. The average Bonchev–Trinajstić information content (AvgIpc) is 2.47. The van der Waals surface area contributed by atoms with E-state index < -0.39 is 6.10 Å². The lowest BCUT2D eigenvalue weighted by Gasteiger charge is -2.45. The summed E-state index contributed by atoms with van der Waals surface area (Å²) in [5.41, 5.74) is 1.89. The van der Waals surface area contributed by atoms with E-state index in [1.165, 1.54) is 25.7 Å². The van der Waals surface area contributed by atoms with E-state index in [1.807, 2.05) is 12.3 Å². The van der Waals surface area contributed by atoms with E-state index in [0.717, 1.165) is 24.5 Å². The number of nitrogens with zero attached hydrogens (tertiary/aromatic N) is 2. The predicted molar refractivity (Wildman–Crippen MR) is 74.2 cm³/mol. The first-order chi connectivity index (χ1) is 9.25. The molecule has 0 radical (unpaired) electrons. The van der Waals surface area contributed by atoms with Gasteiger partial charge in [-0.25, -0.2) is 0 Å². The molecule has 4 nitrogen and oxygen atoms in total.